The van der Waals surface area contributed by atoms with Gasteiger partial charge < -0.3 is 9.64 Å². The summed E-state index contributed by atoms with van der Waals surface area (Å²) >= 11 is 0. The first kappa shape index (κ1) is 14.8. The lowest BCUT2D eigenvalue weighted by Gasteiger charge is -2.24. The summed E-state index contributed by atoms with van der Waals surface area (Å²) in [5.41, 5.74) is 1.09. The van der Waals surface area contributed by atoms with E-state index in [2.05, 4.69) is 35.9 Å². The zero-order valence-corrected chi connectivity index (χ0v) is 12.2. The van der Waals surface area contributed by atoms with Crippen LogP contribution in [0.15, 0.2) is 12.1 Å². The fourth-order valence-corrected chi connectivity index (χ4v) is 1.92. The summed E-state index contributed by atoms with van der Waals surface area (Å²) in [6, 6.07) is 4.19. The van der Waals surface area contributed by atoms with Gasteiger partial charge in [0.2, 0.25) is 5.88 Å². The van der Waals surface area contributed by atoms with Gasteiger partial charge in [-0.1, -0.05) is 32.8 Å². The van der Waals surface area contributed by atoms with Gasteiger partial charge >= 0.3 is 0 Å². The molecule has 0 spiro atoms. The van der Waals surface area contributed by atoms with Gasteiger partial charge in [0.25, 0.3) is 0 Å². The van der Waals surface area contributed by atoms with Crippen LogP contribution in [0.4, 0.5) is 5.82 Å². The average Bonchev–Trinajstić information content (AvgIpc) is 2.40. The predicted octanol–water partition coefficient (Wildman–Crippen LogP) is 3.81. The fraction of sp³-hybridized carbons (Fsp3) is 0.667. The molecule has 1 aromatic heterocycles. The third-order valence-corrected chi connectivity index (χ3v) is 3.12. The van der Waals surface area contributed by atoms with E-state index in [0.717, 1.165) is 30.4 Å². The molecule has 0 saturated carbocycles. The van der Waals surface area contributed by atoms with Gasteiger partial charge in [0.05, 0.1) is 7.11 Å². The minimum absolute atomic E-state index is 0.741. The van der Waals surface area contributed by atoms with E-state index in [-0.39, 0.29) is 0 Å². The maximum absolute atomic E-state index is 5.31. The largest absolute Gasteiger partial charge is 0.481 e. The molecule has 1 aromatic rings. The molecule has 0 aromatic carbocycles. The smallest absolute Gasteiger partial charge is 0.217 e. The van der Waals surface area contributed by atoms with E-state index in [9.17, 15) is 0 Å². The lowest BCUT2D eigenvalue weighted by molar-refractivity contribution is 0.394. The molecule has 0 bridgehead atoms. The van der Waals surface area contributed by atoms with Crippen LogP contribution in [0.5, 0.6) is 5.88 Å². The third kappa shape index (κ3) is 4.21. The second-order valence-corrected chi connectivity index (χ2v) is 4.69. The maximum Gasteiger partial charge on any atom is 0.217 e. The molecule has 0 atom stereocenters. The van der Waals surface area contributed by atoms with E-state index in [0.29, 0.717) is 0 Å². The Kier molecular flexibility index (Phi) is 6.55. The van der Waals surface area contributed by atoms with Gasteiger partial charge in [-0.3, -0.25) is 0 Å². The molecule has 18 heavy (non-hydrogen) atoms. The SMILES string of the molecule is CCCCN(CCCC)c1ccc(C)c(OC)n1. The molecule has 0 saturated heterocycles. The van der Waals surface area contributed by atoms with Crippen LogP contribution in [0.25, 0.3) is 0 Å². The van der Waals surface area contributed by atoms with Gasteiger partial charge in [-0.15, -0.1) is 0 Å². The van der Waals surface area contributed by atoms with E-state index < -0.39 is 0 Å². The molecule has 0 unspecified atom stereocenters. The van der Waals surface area contributed by atoms with Crippen molar-refractivity contribution in [3.05, 3.63) is 17.7 Å². The van der Waals surface area contributed by atoms with Crippen molar-refractivity contribution in [2.24, 2.45) is 0 Å². The monoisotopic (exact) mass is 250 g/mol. The molecule has 0 fully saturated rings. The van der Waals surface area contributed by atoms with Crippen LogP contribution < -0.4 is 9.64 Å². The molecule has 3 heteroatoms. The van der Waals surface area contributed by atoms with Crippen LogP contribution in [0, 0.1) is 6.92 Å². The highest BCUT2D eigenvalue weighted by Gasteiger charge is 2.09. The number of methoxy groups -OCH3 is 1. The minimum Gasteiger partial charge on any atom is -0.481 e. The molecule has 0 aliphatic heterocycles. The molecule has 102 valence electrons. The molecular weight excluding hydrogens is 224 g/mol. The average molecular weight is 250 g/mol. The molecule has 3 nitrogen and oxygen atoms in total. The topological polar surface area (TPSA) is 25.4 Å². The van der Waals surface area contributed by atoms with E-state index >= 15 is 0 Å². The number of unbranched alkanes of at least 4 members (excludes halogenated alkanes) is 2. The van der Waals surface area contributed by atoms with Gasteiger partial charge in [-0.05, 0) is 25.8 Å². The Hall–Kier alpha value is -1.25. The Morgan fingerprint density at radius 1 is 1.11 bits per heavy atom. The molecule has 0 aliphatic rings. The lowest BCUT2D eigenvalue weighted by Crippen LogP contribution is -2.26. The number of ether oxygens (including phenoxy) is 1. The second kappa shape index (κ2) is 7.96. The van der Waals surface area contributed by atoms with Gasteiger partial charge in [-0.25, -0.2) is 0 Å². The van der Waals surface area contributed by atoms with Crippen molar-refractivity contribution in [3.8, 4) is 5.88 Å². The van der Waals surface area contributed by atoms with Crippen molar-refractivity contribution in [1.29, 1.82) is 0 Å². The summed E-state index contributed by atoms with van der Waals surface area (Å²) < 4.78 is 5.31. The Bertz CT molecular complexity index is 344. The van der Waals surface area contributed by atoms with Crippen molar-refractivity contribution < 1.29 is 4.74 Å². The van der Waals surface area contributed by atoms with Gasteiger partial charge in [0.1, 0.15) is 5.82 Å². The number of anilines is 1. The zero-order valence-electron chi connectivity index (χ0n) is 12.2. The van der Waals surface area contributed by atoms with E-state index in [1.165, 1.54) is 25.7 Å². The van der Waals surface area contributed by atoms with Crippen molar-refractivity contribution in [3.63, 3.8) is 0 Å². The summed E-state index contributed by atoms with van der Waals surface area (Å²) in [7, 11) is 1.68. The van der Waals surface area contributed by atoms with Crippen molar-refractivity contribution in [2.75, 3.05) is 25.1 Å². The number of pyridine rings is 1. The van der Waals surface area contributed by atoms with Gasteiger partial charge in [0.15, 0.2) is 0 Å². The van der Waals surface area contributed by atoms with Crippen LogP contribution in [-0.4, -0.2) is 25.2 Å². The Balaban J connectivity index is 2.82. The molecule has 1 rings (SSSR count). The second-order valence-electron chi connectivity index (χ2n) is 4.69. The molecule has 0 aliphatic carbocycles. The van der Waals surface area contributed by atoms with Crippen LogP contribution >= 0.6 is 0 Å². The first-order chi connectivity index (χ1) is 8.72. The number of aryl methyl sites for hydroxylation is 1. The summed E-state index contributed by atoms with van der Waals surface area (Å²) in [4.78, 5) is 6.97. The third-order valence-electron chi connectivity index (χ3n) is 3.12. The Labute approximate surface area is 111 Å². The van der Waals surface area contributed by atoms with E-state index in [4.69, 9.17) is 4.74 Å². The van der Waals surface area contributed by atoms with Crippen molar-refractivity contribution >= 4 is 5.82 Å². The number of hydrogen-bond acceptors (Lipinski definition) is 3. The summed E-state index contributed by atoms with van der Waals surface area (Å²) in [5, 5.41) is 0. The molecule has 1 heterocycles. The van der Waals surface area contributed by atoms with Gasteiger partial charge in [0, 0.05) is 18.7 Å². The predicted molar refractivity (Wildman–Crippen MR) is 77.6 cm³/mol. The van der Waals surface area contributed by atoms with Crippen LogP contribution in [0.2, 0.25) is 0 Å². The Morgan fingerprint density at radius 3 is 2.22 bits per heavy atom. The standard InChI is InChI=1S/C15H26N2O/c1-5-7-11-17(12-8-6-2)14-10-9-13(3)15(16-14)18-4/h9-10H,5-8,11-12H2,1-4H3. The highest BCUT2D eigenvalue weighted by Crippen LogP contribution is 2.20. The minimum atomic E-state index is 0.741. The molecular formula is C15H26N2O. The highest BCUT2D eigenvalue weighted by atomic mass is 16.5. The molecule has 0 N–H and O–H groups in total. The highest BCUT2D eigenvalue weighted by molar-refractivity contribution is 5.43. The first-order valence-corrected chi connectivity index (χ1v) is 6.99. The maximum atomic E-state index is 5.31. The van der Waals surface area contributed by atoms with Crippen LogP contribution in [0.1, 0.15) is 45.1 Å². The number of aromatic nitrogens is 1. The number of hydrogen-bond donors (Lipinski definition) is 0. The van der Waals surface area contributed by atoms with E-state index in [1.807, 2.05) is 6.92 Å². The Morgan fingerprint density at radius 2 is 1.72 bits per heavy atom. The molecule has 0 amide bonds. The first-order valence-electron chi connectivity index (χ1n) is 6.99. The lowest BCUT2D eigenvalue weighted by atomic mass is 10.2. The van der Waals surface area contributed by atoms with E-state index in [1.54, 1.807) is 7.11 Å². The fourth-order valence-electron chi connectivity index (χ4n) is 1.92. The van der Waals surface area contributed by atoms with Crippen molar-refractivity contribution in [2.45, 2.75) is 46.5 Å². The summed E-state index contributed by atoms with van der Waals surface area (Å²) in [6.07, 6.45) is 4.85. The van der Waals surface area contributed by atoms with Crippen LogP contribution in [0.3, 0.4) is 0 Å². The van der Waals surface area contributed by atoms with Crippen LogP contribution in [-0.2, 0) is 0 Å². The molecule has 0 radical (unpaired) electrons. The number of nitrogens with zero attached hydrogens (tertiary/aromatic N) is 2. The van der Waals surface area contributed by atoms with Crippen molar-refractivity contribution in [1.82, 2.24) is 4.98 Å². The van der Waals surface area contributed by atoms with Gasteiger partial charge in [-0.2, -0.15) is 4.98 Å². The quantitative estimate of drug-likeness (QED) is 0.701. The normalized spacial score (nSPS) is 10.4. The number of rotatable bonds is 8. The summed E-state index contributed by atoms with van der Waals surface area (Å²) in [6.45, 7) is 8.63. The summed E-state index contributed by atoms with van der Waals surface area (Å²) in [5.74, 6) is 1.78. The zero-order chi connectivity index (χ0) is 13.4.